The zero-order valence-corrected chi connectivity index (χ0v) is 18.5. The fourth-order valence-corrected chi connectivity index (χ4v) is 3.47. The maximum atomic E-state index is 12.4. The van der Waals surface area contributed by atoms with Crippen LogP contribution in [0.25, 0.3) is 0 Å². The first kappa shape index (κ1) is 22.2. The Morgan fingerprint density at radius 1 is 1.00 bits per heavy atom. The standard InChI is InChI=1S/C26H26N2O5/c1-2-19-8-11-22(12-9-19)32-17-25(29)27-20-10-13-23-24(16-20)33-18-26(30)28(23)14-15-31-21-6-4-3-5-7-21/h3-13,16H,2,14-15,17-18H2,1H3,(H,27,29). The van der Waals surface area contributed by atoms with Crippen molar-refractivity contribution in [3.8, 4) is 17.2 Å². The summed E-state index contributed by atoms with van der Waals surface area (Å²) in [5.74, 6) is 1.50. The van der Waals surface area contributed by atoms with E-state index in [1.807, 2.05) is 54.6 Å². The molecule has 33 heavy (non-hydrogen) atoms. The highest BCUT2D eigenvalue weighted by Gasteiger charge is 2.25. The molecule has 2 amide bonds. The fourth-order valence-electron chi connectivity index (χ4n) is 3.47. The van der Waals surface area contributed by atoms with E-state index in [2.05, 4.69) is 12.2 Å². The molecule has 0 aromatic heterocycles. The molecule has 7 heteroatoms. The second-order valence-electron chi connectivity index (χ2n) is 7.51. The quantitative estimate of drug-likeness (QED) is 0.536. The largest absolute Gasteiger partial charge is 0.492 e. The molecule has 3 aromatic rings. The number of hydrogen-bond donors (Lipinski definition) is 1. The van der Waals surface area contributed by atoms with Gasteiger partial charge in [-0.05, 0) is 48.4 Å². The van der Waals surface area contributed by atoms with E-state index >= 15 is 0 Å². The Morgan fingerprint density at radius 3 is 2.52 bits per heavy atom. The molecular formula is C26H26N2O5. The molecule has 1 heterocycles. The van der Waals surface area contributed by atoms with E-state index in [9.17, 15) is 9.59 Å². The van der Waals surface area contributed by atoms with Gasteiger partial charge in [-0.25, -0.2) is 0 Å². The normalized spacial score (nSPS) is 12.5. The molecule has 0 aliphatic carbocycles. The van der Waals surface area contributed by atoms with Gasteiger partial charge in [0.15, 0.2) is 13.2 Å². The predicted octanol–water partition coefficient (Wildman–Crippen LogP) is 4.07. The molecule has 0 fully saturated rings. The molecule has 0 saturated heterocycles. The fraction of sp³-hybridized carbons (Fsp3) is 0.231. The molecule has 0 radical (unpaired) electrons. The summed E-state index contributed by atoms with van der Waals surface area (Å²) >= 11 is 0. The lowest BCUT2D eigenvalue weighted by Gasteiger charge is -2.29. The third-order valence-corrected chi connectivity index (χ3v) is 5.21. The monoisotopic (exact) mass is 446 g/mol. The summed E-state index contributed by atoms with van der Waals surface area (Å²) in [5.41, 5.74) is 2.42. The summed E-state index contributed by atoms with van der Waals surface area (Å²) < 4.78 is 16.9. The number of nitrogens with zero attached hydrogens (tertiary/aromatic N) is 1. The number of benzene rings is 3. The molecule has 0 saturated carbocycles. The molecular weight excluding hydrogens is 420 g/mol. The minimum atomic E-state index is -0.283. The van der Waals surface area contributed by atoms with Crippen molar-refractivity contribution in [1.82, 2.24) is 0 Å². The Hall–Kier alpha value is -4.00. The molecule has 170 valence electrons. The van der Waals surface area contributed by atoms with Gasteiger partial charge < -0.3 is 24.4 Å². The smallest absolute Gasteiger partial charge is 0.265 e. The van der Waals surface area contributed by atoms with Gasteiger partial charge in [0.1, 0.15) is 23.9 Å². The van der Waals surface area contributed by atoms with E-state index in [1.165, 1.54) is 5.56 Å². The summed E-state index contributed by atoms with van der Waals surface area (Å²) in [6.45, 7) is 2.65. The number of ether oxygens (including phenoxy) is 3. The van der Waals surface area contributed by atoms with Crippen LogP contribution in [0.4, 0.5) is 11.4 Å². The van der Waals surface area contributed by atoms with Crippen LogP contribution in [0.3, 0.4) is 0 Å². The number of nitrogens with one attached hydrogen (secondary N) is 1. The van der Waals surface area contributed by atoms with Crippen LogP contribution in [-0.4, -0.2) is 38.2 Å². The number of hydrogen-bond acceptors (Lipinski definition) is 5. The van der Waals surface area contributed by atoms with Crippen LogP contribution in [-0.2, 0) is 16.0 Å². The van der Waals surface area contributed by atoms with Gasteiger partial charge in [-0.3, -0.25) is 9.59 Å². The summed E-state index contributed by atoms with van der Waals surface area (Å²) in [4.78, 5) is 26.3. The highest BCUT2D eigenvalue weighted by atomic mass is 16.5. The number of carbonyl (C=O) groups is 2. The Bertz CT molecular complexity index is 1100. The number of amides is 2. The minimum absolute atomic E-state index is 0.0629. The van der Waals surface area contributed by atoms with Gasteiger partial charge in [0.2, 0.25) is 0 Å². The van der Waals surface area contributed by atoms with Crippen LogP contribution in [0.1, 0.15) is 12.5 Å². The van der Waals surface area contributed by atoms with Gasteiger partial charge in [-0.1, -0.05) is 37.3 Å². The summed E-state index contributed by atoms with van der Waals surface area (Å²) in [7, 11) is 0. The average molecular weight is 447 g/mol. The summed E-state index contributed by atoms with van der Waals surface area (Å²) in [6, 6.07) is 22.3. The third-order valence-electron chi connectivity index (χ3n) is 5.21. The SMILES string of the molecule is CCc1ccc(OCC(=O)Nc2ccc3c(c2)OCC(=O)N3CCOc2ccccc2)cc1. The van der Waals surface area contributed by atoms with Gasteiger partial charge in [-0.15, -0.1) is 0 Å². The van der Waals surface area contributed by atoms with E-state index in [4.69, 9.17) is 14.2 Å². The van der Waals surface area contributed by atoms with Crippen molar-refractivity contribution in [1.29, 1.82) is 0 Å². The van der Waals surface area contributed by atoms with Crippen molar-refractivity contribution < 1.29 is 23.8 Å². The first-order valence-corrected chi connectivity index (χ1v) is 10.9. The average Bonchev–Trinajstić information content (AvgIpc) is 2.85. The van der Waals surface area contributed by atoms with E-state index in [-0.39, 0.29) is 25.0 Å². The number of rotatable bonds is 9. The molecule has 3 aromatic carbocycles. The lowest BCUT2D eigenvalue weighted by atomic mass is 10.2. The van der Waals surface area contributed by atoms with Crippen molar-refractivity contribution in [2.24, 2.45) is 0 Å². The first-order chi connectivity index (χ1) is 16.1. The van der Waals surface area contributed by atoms with Crippen LogP contribution < -0.4 is 24.4 Å². The number of carbonyl (C=O) groups excluding carboxylic acids is 2. The van der Waals surface area contributed by atoms with Gasteiger partial charge in [0.25, 0.3) is 11.8 Å². The van der Waals surface area contributed by atoms with Crippen molar-refractivity contribution in [2.75, 3.05) is 36.6 Å². The number of fused-ring (bicyclic) bond motifs is 1. The van der Waals surface area contributed by atoms with Crippen LogP contribution in [0.5, 0.6) is 17.2 Å². The summed E-state index contributed by atoms with van der Waals surface area (Å²) in [5, 5.41) is 2.80. The molecule has 7 nitrogen and oxygen atoms in total. The molecule has 4 rings (SSSR count). The topological polar surface area (TPSA) is 77.1 Å². The molecule has 0 atom stereocenters. The van der Waals surface area contributed by atoms with E-state index in [0.29, 0.717) is 36.0 Å². The Kier molecular flexibility index (Phi) is 7.09. The van der Waals surface area contributed by atoms with E-state index in [1.54, 1.807) is 23.1 Å². The molecule has 0 spiro atoms. The number of para-hydroxylation sites is 1. The van der Waals surface area contributed by atoms with Gasteiger partial charge in [0.05, 0.1) is 12.2 Å². The Morgan fingerprint density at radius 2 is 1.76 bits per heavy atom. The lowest BCUT2D eigenvalue weighted by Crippen LogP contribution is -2.41. The van der Waals surface area contributed by atoms with E-state index < -0.39 is 0 Å². The van der Waals surface area contributed by atoms with Gasteiger partial charge in [0, 0.05) is 11.8 Å². The maximum Gasteiger partial charge on any atom is 0.265 e. The molecule has 0 bridgehead atoms. The van der Waals surface area contributed by atoms with Crippen LogP contribution >= 0.6 is 0 Å². The van der Waals surface area contributed by atoms with Gasteiger partial charge in [-0.2, -0.15) is 0 Å². The Labute approximate surface area is 192 Å². The molecule has 1 aliphatic rings. The highest BCUT2D eigenvalue weighted by Crippen LogP contribution is 2.34. The van der Waals surface area contributed by atoms with Crippen LogP contribution in [0.2, 0.25) is 0 Å². The maximum absolute atomic E-state index is 12.4. The lowest BCUT2D eigenvalue weighted by molar-refractivity contribution is -0.121. The highest BCUT2D eigenvalue weighted by molar-refractivity contribution is 5.99. The zero-order chi connectivity index (χ0) is 23.0. The number of aryl methyl sites for hydroxylation is 1. The van der Waals surface area contributed by atoms with Crippen molar-refractivity contribution in [3.63, 3.8) is 0 Å². The van der Waals surface area contributed by atoms with Crippen molar-refractivity contribution >= 4 is 23.2 Å². The number of anilines is 2. The second-order valence-corrected chi connectivity index (χ2v) is 7.51. The predicted molar refractivity (Wildman–Crippen MR) is 126 cm³/mol. The molecule has 1 aliphatic heterocycles. The first-order valence-electron chi connectivity index (χ1n) is 10.9. The van der Waals surface area contributed by atoms with Crippen LogP contribution in [0, 0.1) is 0 Å². The van der Waals surface area contributed by atoms with E-state index in [0.717, 1.165) is 12.2 Å². The van der Waals surface area contributed by atoms with Gasteiger partial charge >= 0.3 is 0 Å². The third kappa shape index (κ3) is 5.83. The van der Waals surface area contributed by atoms with Crippen LogP contribution in [0.15, 0.2) is 72.8 Å². The minimum Gasteiger partial charge on any atom is -0.492 e. The molecule has 0 unspecified atom stereocenters. The Balaban J connectivity index is 1.33. The molecule has 1 N–H and O–H groups in total. The second kappa shape index (κ2) is 10.5. The van der Waals surface area contributed by atoms with Crippen molar-refractivity contribution in [2.45, 2.75) is 13.3 Å². The van der Waals surface area contributed by atoms with Crippen molar-refractivity contribution in [3.05, 3.63) is 78.4 Å². The summed E-state index contributed by atoms with van der Waals surface area (Å²) in [6.07, 6.45) is 0.949. The zero-order valence-electron chi connectivity index (χ0n) is 18.5.